The minimum atomic E-state index is -5.08. The Bertz CT molecular complexity index is 1070. The second-order valence-electron chi connectivity index (χ2n) is 5.81. The number of benzene rings is 2. The van der Waals surface area contributed by atoms with Crippen molar-refractivity contribution in [1.29, 1.82) is 0 Å². The number of hydrogen-bond donors (Lipinski definition) is 4. The van der Waals surface area contributed by atoms with E-state index in [0.29, 0.717) is 0 Å². The van der Waals surface area contributed by atoms with Crippen molar-refractivity contribution < 1.29 is 46.1 Å². The lowest BCUT2D eigenvalue weighted by Crippen LogP contribution is -2.21. The zero-order valence-electron chi connectivity index (χ0n) is 15.5. The van der Waals surface area contributed by atoms with Gasteiger partial charge in [-0.05, 0) is 24.3 Å². The summed E-state index contributed by atoms with van der Waals surface area (Å²) in [4.78, 5) is 33.4. The van der Waals surface area contributed by atoms with E-state index in [0.717, 1.165) is 33.7 Å². The average molecular weight is 462 g/mol. The second kappa shape index (κ2) is 9.36. The average Bonchev–Trinajstić information content (AvgIpc) is 3.31. The van der Waals surface area contributed by atoms with Crippen LogP contribution in [0.4, 0.5) is 26.3 Å². The van der Waals surface area contributed by atoms with Gasteiger partial charge in [-0.3, -0.25) is 0 Å². The molecule has 0 saturated heterocycles. The number of alkyl halides is 6. The van der Waals surface area contributed by atoms with Gasteiger partial charge in [-0.15, -0.1) is 0 Å². The molecule has 0 unspecified atom stereocenters. The summed E-state index contributed by atoms with van der Waals surface area (Å²) in [5, 5.41) is 14.2. The van der Waals surface area contributed by atoms with Crippen molar-refractivity contribution in [2.75, 3.05) is 0 Å². The number of aliphatic carboxylic acids is 2. The van der Waals surface area contributed by atoms with Crippen LogP contribution < -0.4 is 0 Å². The van der Waals surface area contributed by atoms with Gasteiger partial charge in [-0.25, -0.2) is 19.6 Å². The quantitative estimate of drug-likeness (QED) is 0.311. The molecule has 2 aromatic heterocycles. The summed E-state index contributed by atoms with van der Waals surface area (Å²) in [6.45, 7) is 0. The Kier molecular flexibility index (Phi) is 7.07. The van der Waals surface area contributed by atoms with Crippen LogP contribution in [0.15, 0.2) is 48.5 Å². The zero-order chi connectivity index (χ0) is 24.1. The van der Waals surface area contributed by atoms with Crippen molar-refractivity contribution in [1.82, 2.24) is 19.9 Å². The number of nitrogens with one attached hydrogen (secondary N) is 2. The van der Waals surface area contributed by atoms with Gasteiger partial charge in [-0.1, -0.05) is 24.3 Å². The van der Waals surface area contributed by atoms with E-state index in [-0.39, 0.29) is 0 Å². The topological polar surface area (TPSA) is 132 Å². The van der Waals surface area contributed by atoms with E-state index in [1.165, 1.54) is 0 Å². The monoisotopic (exact) mass is 462 g/mol. The number of fused-ring (bicyclic) bond motifs is 2. The van der Waals surface area contributed by atoms with Gasteiger partial charge in [0.15, 0.2) is 11.6 Å². The van der Waals surface area contributed by atoms with Crippen LogP contribution in [0.2, 0.25) is 0 Å². The van der Waals surface area contributed by atoms with E-state index < -0.39 is 24.3 Å². The number of imidazole rings is 2. The van der Waals surface area contributed by atoms with Gasteiger partial charge >= 0.3 is 24.3 Å². The van der Waals surface area contributed by atoms with Crippen molar-refractivity contribution in [3.63, 3.8) is 0 Å². The first-order chi connectivity index (χ1) is 14.8. The van der Waals surface area contributed by atoms with Crippen molar-refractivity contribution in [3.8, 4) is 11.6 Å². The fraction of sp³-hybridized carbons (Fsp3) is 0.111. The first-order valence-corrected chi connectivity index (χ1v) is 8.29. The van der Waals surface area contributed by atoms with Gasteiger partial charge in [0.25, 0.3) is 0 Å². The Morgan fingerprint density at radius 1 is 0.656 bits per heavy atom. The fourth-order valence-corrected chi connectivity index (χ4v) is 2.13. The number of halogens is 6. The molecule has 4 aromatic rings. The summed E-state index contributed by atoms with van der Waals surface area (Å²) in [7, 11) is 0. The Labute approximate surface area is 173 Å². The molecule has 0 fully saturated rings. The molecule has 4 rings (SSSR count). The number of carboxylic acid groups (broad SMARTS) is 2. The molecule has 0 aliphatic rings. The number of rotatable bonds is 1. The highest BCUT2D eigenvalue weighted by Crippen LogP contribution is 2.20. The summed E-state index contributed by atoms with van der Waals surface area (Å²) in [5.41, 5.74) is 3.95. The Morgan fingerprint density at radius 3 is 1.19 bits per heavy atom. The maximum absolute atomic E-state index is 10.6. The zero-order valence-corrected chi connectivity index (χ0v) is 15.5. The maximum Gasteiger partial charge on any atom is 0.490 e. The van der Waals surface area contributed by atoms with Crippen molar-refractivity contribution in [2.24, 2.45) is 0 Å². The molecule has 2 aromatic carbocycles. The van der Waals surface area contributed by atoms with Crippen LogP contribution >= 0.6 is 0 Å². The minimum absolute atomic E-state index is 0.771. The molecule has 0 saturated carbocycles. The van der Waals surface area contributed by atoms with Gasteiger partial charge in [0.1, 0.15) is 0 Å². The molecule has 0 atom stereocenters. The molecule has 32 heavy (non-hydrogen) atoms. The number of aromatic nitrogens is 4. The SMILES string of the molecule is O=C(O)C(F)(F)F.O=C(O)C(F)(F)F.c1ccc2[nH]c(-c3nc4ccccc4[nH]3)nc2c1. The third kappa shape index (κ3) is 6.45. The second-order valence-corrected chi connectivity index (χ2v) is 5.81. The summed E-state index contributed by atoms with van der Waals surface area (Å²) in [6.07, 6.45) is -10.2. The normalized spacial score (nSPS) is 11.3. The molecule has 8 nitrogen and oxygen atoms in total. The molecule has 0 spiro atoms. The van der Waals surface area contributed by atoms with Crippen LogP contribution in [-0.4, -0.2) is 54.4 Å². The van der Waals surface area contributed by atoms with Gasteiger partial charge in [0, 0.05) is 0 Å². The van der Waals surface area contributed by atoms with Crippen LogP contribution in [-0.2, 0) is 9.59 Å². The van der Waals surface area contributed by atoms with Gasteiger partial charge in [-0.2, -0.15) is 26.3 Å². The third-order valence-corrected chi connectivity index (χ3v) is 3.49. The fourth-order valence-electron chi connectivity index (χ4n) is 2.13. The standard InChI is InChI=1S/C14H10N4.2C2HF3O2/c1-2-6-10-9(5-1)15-13(16-10)14-17-11-7-3-4-8-12(11)18-14;2*3-2(4,5)1(6)7/h1-8H,(H,15,16)(H,17,18);2*(H,6,7). The largest absolute Gasteiger partial charge is 0.490 e. The lowest BCUT2D eigenvalue weighted by molar-refractivity contribution is -0.193. The van der Waals surface area contributed by atoms with Crippen LogP contribution in [0.1, 0.15) is 0 Å². The number of aromatic amines is 2. The van der Waals surface area contributed by atoms with E-state index in [1.807, 2.05) is 48.5 Å². The van der Waals surface area contributed by atoms with E-state index in [1.54, 1.807) is 0 Å². The van der Waals surface area contributed by atoms with E-state index >= 15 is 0 Å². The number of carboxylic acids is 2. The summed E-state index contributed by atoms with van der Waals surface area (Å²) in [5.74, 6) is -3.97. The lowest BCUT2D eigenvalue weighted by atomic mass is 10.3. The molecule has 0 aliphatic heterocycles. The first kappa shape index (κ1) is 24.2. The molecular formula is C18H12F6N4O4. The number of carbonyl (C=O) groups is 2. The van der Waals surface area contributed by atoms with Crippen LogP contribution in [0.5, 0.6) is 0 Å². The molecule has 4 N–H and O–H groups in total. The molecule has 0 bridgehead atoms. The highest BCUT2D eigenvalue weighted by Gasteiger charge is 2.38. The predicted octanol–water partition coefficient (Wildman–Crippen LogP) is 4.37. The summed E-state index contributed by atoms with van der Waals surface area (Å²) >= 11 is 0. The Morgan fingerprint density at radius 2 is 0.938 bits per heavy atom. The highest BCUT2D eigenvalue weighted by molar-refractivity contribution is 5.81. The molecule has 0 amide bonds. The molecule has 14 heteroatoms. The van der Waals surface area contributed by atoms with Crippen molar-refractivity contribution in [3.05, 3.63) is 48.5 Å². The van der Waals surface area contributed by atoms with E-state index in [4.69, 9.17) is 19.8 Å². The van der Waals surface area contributed by atoms with E-state index in [9.17, 15) is 26.3 Å². The van der Waals surface area contributed by atoms with Crippen LogP contribution in [0, 0.1) is 0 Å². The molecule has 0 radical (unpaired) electrons. The van der Waals surface area contributed by atoms with Gasteiger partial charge in [0.05, 0.1) is 22.1 Å². The summed E-state index contributed by atoms with van der Waals surface area (Å²) in [6, 6.07) is 15.9. The Hall–Kier alpha value is -4.10. The summed E-state index contributed by atoms with van der Waals surface area (Å²) < 4.78 is 63.5. The van der Waals surface area contributed by atoms with Crippen molar-refractivity contribution in [2.45, 2.75) is 12.4 Å². The lowest BCUT2D eigenvalue weighted by Gasteiger charge is -1.93. The molecular weight excluding hydrogens is 450 g/mol. The van der Waals surface area contributed by atoms with Gasteiger partial charge < -0.3 is 20.2 Å². The number of hydrogen-bond acceptors (Lipinski definition) is 4. The van der Waals surface area contributed by atoms with Gasteiger partial charge in [0.2, 0.25) is 0 Å². The predicted molar refractivity (Wildman–Crippen MR) is 98.6 cm³/mol. The van der Waals surface area contributed by atoms with Crippen LogP contribution in [0.3, 0.4) is 0 Å². The Balaban J connectivity index is 0.000000218. The number of H-pyrrole nitrogens is 2. The smallest absolute Gasteiger partial charge is 0.475 e. The first-order valence-electron chi connectivity index (χ1n) is 8.29. The number of nitrogens with zero attached hydrogens (tertiary/aromatic N) is 2. The molecule has 0 aliphatic carbocycles. The number of para-hydroxylation sites is 4. The highest BCUT2D eigenvalue weighted by atomic mass is 19.4. The molecule has 2 heterocycles. The molecule has 170 valence electrons. The van der Waals surface area contributed by atoms with Crippen molar-refractivity contribution >= 4 is 34.0 Å². The van der Waals surface area contributed by atoms with Crippen LogP contribution in [0.25, 0.3) is 33.7 Å². The maximum atomic E-state index is 10.6. The minimum Gasteiger partial charge on any atom is -0.475 e. The third-order valence-electron chi connectivity index (χ3n) is 3.49. The van der Waals surface area contributed by atoms with E-state index in [2.05, 4.69) is 19.9 Å².